The fraction of sp³-hybridized carbons (Fsp3) is 0.579. The van der Waals surface area contributed by atoms with E-state index in [4.69, 9.17) is 4.74 Å². The molecular formula is C19H28N2O3. The van der Waals surface area contributed by atoms with Gasteiger partial charge >= 0.3 is 0 Å². The Kier molecular flexibility index (Phi) is 6.23. The second kappa shape index (κ2) is 8.18. The zero-order chi connectivity index (χ0) is 17.6. The van der Waals surface area contributed by atoms with Crippen LogP contribution in [0.3, 0.4) is 0 Å². The summed E-state index contributed by atoms with van der Waals surface area (Å²) >= 11 is 0. The molecule has 0 unspecified atom stereocenters. The number of methoxy groups -OCH3 is 1. The first-order chi connectivity index (χ1) is 11.4. The van der Waals surface area contributed by atoms with Crippen molar-refractivity contribution in [3.05, 3.63) is 24.3 Å². The zero-order valence-corrected chi connectivity index (χ0v) is 14.9. The molecule has 0 bridgehead atoms. The summed E-state index contributed by atoms with van der Waals surface area (Å²) in [5, 5.41) is 5.87. The molecule has 1 aliphatic carbocycles. The molecule has 1 fully saturated rings. The van der Waals surface area contributed by atoms with Gasteiger partial charge in [0.2, 0.25) is 11.8 Å². The number of rotatable bonds is 5. The zero-order valence-electron chi connectivity index (χ0n) is 14.9. The van der Waals surface area contributed by atoms with E-state index in [1.165, 1.54) is 12.8 Å². The Morgan fingerprint density at radius 1 is 1.08 bits per heavy atom. The minimum atomic E-state index is -1.13. The van der Waals surface area contributed by atoms with Crippen molar-refractivity contribution in [3.63, 3.8) is 0 Å². The van der Waals surface area contributed by atoms with E-state index in [1.54, 1.807) is 45.2 Å². The molecule has 132 valence electrons. The molecule has 2 N–H and O–H groups in total. The molecule has 0 aliphatic heterocycles. The van der Waals surface area contributed by atoms with Crippen LogP contribution in [0.4, 0.5) is 5.69 Å². The largest absolute Gasteiger partial charge is 0.497 e. The highest BCUT2D eigenvalue weighted by Crippen LogP contribution is 2.23. The molecule has 0 aromatic heterocycles. The van der Waals surface area contributed by atoms with Crippen LogP contribution in [0.1, 0.15) is 52.4 Å². The quantitative estimate of drug-likeness (QED) is 0.640. The normalized spacial score (nSPS) is 16.1. The third-order valence-electron chi connectivity index (χ3n) is 4.65. The number of amides is 2. The van der Waals surface area contributed by atoms with Crippen LogP contribution in [-0.4, -0.2) is 25.0 Å². The molecule has 1 aromatic rings. The van der Waals surface area contributed by atoms with Gasteiger partial charge in [0.05, 0.1) is 7.11 Å². The first-order valence-corrected chi connectivity index (χ1v) is 8.70. The van der Waals surface area contributed by atoms with Gasteiger partial charge in [-0.25, -0.2) is 0 Å². The van der Waals surface area contributed by atoms with Crippen molar-refractivity contribution < 1.29 is 14.3 Å². The molecule has 1 aliphatic rings. The van der Waals surface area contributed by atoms with E-state index in [1.807, 2.05) is 0 Å². The molecule has 5 heteroatoms. The maximum absolute atomic E-state index is 12.6. The van der Waals surface area contributed by atoms with E-state index in [0.717, 1.165) is 25.7 Å². The highest BCUT2D eigenvalue weighted by Gasteiger charge is 2.37. The van der Waals surface area contributed by atoms with Gasteiger partial charge in [0, 0.05) is 17.8 Å². The third kappa shape index (κ3) is 4.73. The maximum Gasteiger partial charge on any atom is 0.239 e. The molecule has 0 heterocycles. The van der Waals surface area contributed by atoms with E-state index >= 15 is 0 Å². The fourth-order valence-electron chi connectivity index (χ4n) is 2.88. The molecule has 0 atom stereocenters. The van der Waals surface area contributed by atoms with Crippen LogP contribution >= 0.6 is 0 Å². The molecule has 0 spiro atoms. The van der Waals surface area contributed by atoms with Gasteiger partial charge in [-0.05, 0) is 38.8 Å². The van der Waals surface area contributed by atoms with Crippen LogP contribution in [0, 0.1) is 5.41 Å². The number of hydrogen-bond donors (Lipinski definition) is 2. The van der Waals surface area contributed by atoms with Crippen molar-refractivity contribution in [2.45, 2.75) is 58.4 Å². The number of carbonyl (C=O) groups excluding carboxylic acids is 2. The van der Waals surface area contributed by atoms with Crippen molar-refractivity contribution in [3.8, 4) is 5.75 Å². The highest BCUT2D eigenvalue weighted by molar-refractivity contribution is 6.09. The smallest absolute Gasteiger partial charge is 0.239 e. The van der Waals surface area contributed by atoms with E-state index in [-0.39, 0.29) is 17.9 Å². The average Bonchev–Trinajstić information content (AvgIpc) is 2.83. The van der Waals surface area contributed by atoms with Crippen molar-refractivity contribution >= 4 is 17.5 Å². The molecular weight excluding hydrogens is 304 g/mol. The second-order valence-electron chi connectivity index (χ2n) is 6.97. The number of benzene rings is 1. The molecule has 24 heavy (non-hydrogen) atoms. The Morgan fingerprint density at radius 3 is 2.38 bits per heavy atom. The Morgan fingerprint density at radius 2 is 1.75 bits per heavy atom. The number of anilines is 1. The topological polar surface area (TPSA) is 67.4 Å². The number of ether oxygens (including phenoxy) is 1. The van der Waals surface area contributed by atoms with Crippen molar-refractivity contribution in [1.29, 1.82) is 0 Å². The Hall–Kier alpha value is -2.04. The van der Waals surface area contributed by atoms with Gasteiger partial charge in [0.15, 0.2) is 0 Å². The van der Waals surface area contributed by atoms with Gasteiger partial charge in [0.25, 0.3) is 0 Å². The standard InChI is InChI=1S/C19H28N2O3/c1-19(2,17(22)20-14-9-6-4-5-7-10-14)18(23)21-15-11-8-12-16(13-15)24-3/h8,11-14H,4-7,9-10H2,1-3H3,(H,20,22)(H,21,23). The molecule has 0 saturated heterocycles. The number of carbonyl (C=O) groups is 2. The molecule has 1 aromatic carbocycles. The van der Waals surface area contributed by atoms with Gasteiger partial charge in [-0.3, -0.25) is 9.59 Å². The molecule has 0 radical (unpaired) electrons. The summed E-state index contributed by atoms with van der Waals surface area (Å²) < 4.78 is 5.15. The van der Waals surface area contributed by atoms with Gasteiger partial charge in [-0.15, -0.1) is 0 Å². The van der Waals surface area contributed by atoms with Crippen molar-refractivity contribution in [2.75, 3.05) is 12.4 Å². The van der Waals surface area contributed by atoms with Crippen molar-refractivity contribution in [2.24, 2.45) is 5.41 Å². The average molecular weight is 332 g/mol. The lowest BCUT2D eigenvalue weighted by Crippen LogP contribution is -2.48. The van der Waals surface area contributed by atoms with Crippen LogP contribution in [-0.2, 0) is 9.59 Å². The summed E-state index contributed by atoms with van der Waals surface area (Å²) in [6.07, 6.45) is 6.74. The van der Waals surface area contributed by atoms with Gasteiger partial charge < -0.3 is 15.4 Å². The third-order valence-corrected chi connectivity index (χ3v) is 4.65. The van der Waals surface area contributed by atoms with Crippen molar-refractivity contribution in [1.82, 2.24) is 5.32 Å². The summed E-state index contributed by atoms with van der Waals surface area (Å²) in [4.78, 5) is 25.2. The molecule has 2 rings (SSSR count). The Labute approximate surface area is 144 Å². The Bertz CT molecular complexity index is 576. The lowest BCUT2D eigenvalue weighted by atomic mass is 9.90. The molecule has 5 nitrogen and oxygen atoms in total. The lowest BCUT2D eigenvalue weighted by Gasteiger charge is -2.26. The fourth-order valence-corrected chi connectivity index (χ4v) is 2.88. The van der Waals surface area contributed by atoms with Crippen LogP contribution in [0.2, 0.25) is 0 Å². The van der Waals surface area contributed by atoms with Gasteiger partial charge in [-0.1, -0.05) is 31.7 Å². The monoisotopic (exact) mass is 332 g/mol. The second-order valence-corrected chi connectivity index (χ2v) is 6.97. The number of nitrogens with one attached hydrogen (secondary N) is 2. The predicted octanol–water partition coefficient (Wildman–Crippen LogP) is 3.50. The first-order valence-electron chi connectivity index (χ1n) is 8.70. The predicted molar refractivity (Wildman–Crippen MR) is 95.0 cm³/mol. The summed E-state index contributed by atoms with van der Waals surface area (Å²) in [6, 6.07) is 7.30. The van der Waals surface area contributed by atoms with E-state index in [2.05, 4.69) is 10.6 Å². The van der Waals surface area contributed by atoms with E-state index < -0.39 is 5.41 Å². The lowest BCUT2D eigenvalue weighted by molar-refractivity contribution is -0.138. The maximum atomic E-state index is 12.6. The van der Waals surface area contributed by atoms with Crippen LogP contribution in [0.25, 0.3) is 0 Å². The minimum absolute atomic E-state index is 0.184. The van der Waals surface area contributed by atoms with Crippen LogP contribution in [0.5, 0.6) is 5.75 Å². The SMILES string of the molecule is COc1cccc(NC(=O)C(C)(C)C(=O)NC2CCCCCC2)c1. The molecule has 1 saturated carbocycles. The van der Waals surface area contributed by atoms with Gasteiger partial charge in [-0.2, -0.15) is 0 Å². The van der Waals surface area contributed by atoms with E-state index in [9.17, 15) is 9.59 Å². The Balaban J connectivity index is 1.98. The summed E-state index contributed by atoms with van der Waals surface area (Å²) in [5.74, 6) is 0.130. The summed E-state index contributed by atoms with van der Waals surface area (Å²) in [5.41, 5.74) is -0.509. The minimum Gasteiger partial charge on any atom is -0.497 e. The molecule has 2 amide bonds. The van der Waals surface area contributed by atoms with E-state index in [0.29, 0.717) is 11.4 Å². The first kappa shape index (κ1) is 18.3. The highest BCUT2D eigenvalue weighted by atomic mass is 16.5. The summed E-state index contributed by atoms with van der Waals surface area (Å²) in [7, 11) is 1.57. The van der Waals surface area contributed by atoms with Crippen LogP contribution in [0.15, 0.2) is 24.3 Å². The summed E-state index contributed by atoms with van der Waals surface area (Å²) in [6.45, 7) is 3.32. The van der Waals surface area contributed by atoms with Gasteiger partial charge in [0.1, 0.15) is 11.2 Å². The van der Waals surface area contributed by atoms with Crippen LogP contribution < -0.4 is 15.4 Å². The number of hydrogen-bond acceptors (Lipinski definition) is 3.